The summed E-state index contributed by atoms with van der Waals surface area (Å²) in [4.78, 5) is 20.2. The quantitative estimate of drug-likeness (QED) is 0.763. The first-order valence-corrected chi connectivity index (χ1v) is 8.67. The first-order chi connectivity index (χ1) is 11.2. The molecule has 0 saturated heterocycles. The van der Waals surface area contributed by atoms with Crippen molar-refractivity contribution in [1.82, 2.24) is 15.6 Å². The molecule has 1 aliphatic carbocycles. The Balaban J connectivity index is 1.69. The van der Waals surface area contributed by atoms with Crippen LogP contribution in [0.15, 0.2) is 28.9 Å². The van der Waals surface area contributed by atoms with Crippen LogP contribution in [0.1, 0.15) is 51.6 Å². The molecule has 23 heavy (non-hydrogen) atoms. The second kappa shape index (κ2) is 7.02. The lowest BCUT2D eigenvalue weighted by atomic mass is 9.86. The molecule has 5 heteroatoms. The molecule has 2 heterocycles. The van der Waals surface area contributed by atoms with Crippen LogP contribution in [0.4, 0.5) is 10.5 Å². The summed E-state index contributed by atoms with van der Waals surface area (Å²) >= 11 is 0. The molecule has 0 radical (unpaired) electrons. The fraction of sp³-hybridized carbons (Fsp3) is 0.556. The van der Waals surface area contributed by atoms with E-state index in [1.807, 2.05) is 18.3 Å². The Kier molecular flexibility index (Phi) is 4.84. The van der Waals surface area contributed by atoms with Crippen molar-refractivity contribution in [3.63, 3.8) is 0 Å². The Labute approximate surface area is 137 Å². The number of allylic oxidation sites excluding steroid dienone is 1. The normalized spacial score (nSPS) is 24.1. The highest BCUT2D eigenvalue weighted by Crippen LogP contribution is 2.25. The largest absolute Gasteiger partial charge is 0.363 e. The van der Waals surface area contributed by atoms with Gasteiger partial charge in [0.2, 0.25) is 0 Å². The number of aliphatic imine (C=N–C) groups is 1. The van der Waals surface area contributed by atoms with Gasteiger partial charge in [-0.1, -0.05) is 32.3 Å². The van der Waals surface area contributed by atoms with Gasteiger partial charge in [-0.25, -0.2) is 9.79 Å². The fourth-order valence-corrected chi connectivity index (χ4v) is 3.42. The molecule has 0 bridgehead atoms. The molecule has 1 saturated carbocycles. The smallest absolute Gasteiger partial charge is 0.320 e. The minimum atomic E-state index is -0.145. The van der Waals surface area contributed by atoms with Crippen molar-refractivity contribution in [2.45, 2.75) is 58.4 Å². The number of hydrogen-bond donors (Lipinski definition) is 3. The van der Waals surface area contributed by atoms with E-state index in [0.717, 1.165) is 30.6 Å². The number of nitrogens with zero attached hydrogens (tertiary/aromatic N) is 1. The number of amides is 2. The topological polar surface area (TPSA) is 69.3 Å². The number of hydrogen-bond acceptors (Lipinski definition) is 2. The average Bonchev–Trinajstić information content (AvgIpc) is 2.88. The van der Waals surface area contributed by atoms with E-state index >= 15 is 0 Å². The molecule has 5 nitrogen and oxygen atoms in total. The zero-order valence-electron chi connectivity index (χ0n) is 14.0. The summed E-state index contributed by atoms with van der Waals surface area (Å²) in [7, 11) is 0. The highest BCUT2D eigenvalue weighted by atomic mass is 16.2. The van der Waals surface area contributed by atoms with E-state index in [9.17, 15) is 4.79 Å². The van der Waals surface area contributed by atoms with Crippen LogP contribution in [0.5, 0.6) is 0 Å². The van der Waals surface area contributed by atoms with Crippen molar-refractivity contribution in [1.29, 1.82) is 0 Å². The maximum Gasteiger partial charge on any atom is 0.320 e. The predicted octanol–water partition coefficient (Wildman–Crippen LogP) is 3.82. The van der Waals surface area contributed by atoms with Crippen LogP contribution in [0.2, 0.25) is 0 Å². The Hall–Kier alpha value is -2.04. The third-order valence-corrected chi connectivity index (χ3v) is 4.92. The molecular weight excluding hydrogens is 288 g/mol. The molecule has 1 fully saturated rings. The van der Waals surface area contributed by atoms with Crippen molar-refractivity contribution >= 4 is 17.6 Å². The molecule has 1 aliphatic heterocycles. The number of amidine groups is 1. The summed E-state index contributed by atoms with van der Waals surface area (Å²) in [5.41, 5.74) is 3.28. The van der Waals surface area contributed by atoms with Gasteiger partial charge in [0.1, 0.15) is 5.84 Å². The first kappa shape index (κ1) is 15.8. The van der Waals surface area contributed by atoms with E-state index in [2.05, 4.69) is 34.5 Å². The van der Waals surface area contributed by atoms with Crippen molar-refractivity contribution in [2.75, 3.05) is 0 Å². The Bertz CT molecular complexity index is 629. The predicted molar refractivity (Wildman–Crippen MR) is 93.1 cm³/mol. The van der Waals surface area contributed by atoms with E-state index in [4.69, 9.17) is 0 Å². The van der Waals surface area contributed by atoms with Crippen LogP contribution in [-0.4, -0.2) is 22.9 Å². The third-order valence-electron chi connectivity index (χ3n) is 4.92. The maximum atomic E-state index is 12.3. The Morgan fingerprint density at radius 2 is 2.22 bits per heavy atom. The zero-order valence-corrected chi connectivity index (χ0v) is 14.0. The van der Waals surface area contributed by atoms with Gasteiger partial charge < -0.3 is 10.3 Å². The number of aromatic nitrogens is 1. The molecule has 3 N–H and O–H groups in total. The summed E-state index contributed by atoms with van der Waals surface area (Å²) in [5, 5.41) is 6.05. The molecule has 2 atom stereocenters. The number of carbonyl (C=O) groups is 1. The molecule has 2 unspecified atom stereocenters. The molecule has 0 spiro atoms. The summed E-state index contributed by atoms with van der Waals surface area (Å²) in [6.07, 6.45) is 10.4. The number of urea groups is 1. The van der Waals surface area contributed by atoms with Gasteiger partial charge >= 0.3 is 6.03 Å². The number of carbonyl (C=O) groups excluding carboxylic acids is 1. The second-order valence-corrected chi connectivity index (χ2v) is 6.64. The maximum absolute atomic E-state index is 12.3. The fourth-order valence-electron chi connectivity index (χ4n) is 3.42. The van der Waals surface area contributed by atoms with E-state index in [0.29, 0.717) is 11.8 Å². The minimum absolute atomic E-state index is 0.145. The van der Waals surface area contributed by atoms with E-state index in [1.165, 1.54) is 24.8 Å². The van der Waals surface area contributed by atoms with Gasteiger partial charge in [-0.2, -0.15) is 0 Å². The van der Waals surface area contributed by atoms with Crippen molar-refractivity contribution in [3.8, 4) is 0 Å². The van der Waals surface area contributed by atoms with Gasteiger partial charge in [-0.05, 0) is 37.3 Å². The SMILES string of the molecule is CCC1=CC(NC(=O)NC2CCCCC2C)=Nc2cc[nH]c2C1. The van der Waals surface area contributed by atoms with Gasteiger partial charge in [0.05, 0.1) is 5.69 Å². The van der Waals surface area contributed by atoms with Crippen LogP contribution >= 0.6 is 0 Å². The summed E-state index contributed by atoms with van der Waals surface area (Å²) < 4.78 is 0. The van der Waals surface area contributed by atoms with Crippen molar-refractivity contribution in [3.05, 3.63) is 29.6 Å². The van der Waals surface area contributed by atoms with Crippen LogP contribution < -0.4 is 10.6 Å². The molecule has 124 valence electrons. The van der Waals surface area contributed by atoms with E-state index in [1.54, 1.807) is 0 Å². The molecule has 1 aromatic rings. The van der Waals surface area contributed by atoms with Crippen molar-refractivity contribution in [2.24, 2.45) is 10.9 Å². The number of nitrogens with one attached hydrogen (secondary N) is 3. The molecule has 2 aliphatic rings. The van der Waals surface area contributed by atoms with Gasteiger partial charge in [0.25, 0.3) is 0 Å². The number of H-pyrrole nitrogens is 1. The Morgan fingerprint density at radius 1 is 1.39 bits per heavy atom. The molecular formula is C18H26N4O. The summed E-state index contributed by atoms with van der Waals surface area (Å²) in [6.45, 7) is 4.34. The average molecular weight is 314 g/mol. The minimum Gasteiger partial charge on any atom is -0.363 e. The van der Waals surface area contributed by atoms with Gasteiger partial charge in [0, 0.05) is 24.4 Å². The van der Waals surface area contributed by atoms with Crippen LogP contribution in [-0.2, 0) is 6.42 Å². The first-order valence-electron chi connectivity index (χ1n) is 8.67. The number of fused-ring (bicyclic) bond motifs is 1. The van der Waals surface area contributed by atoms with Gasteiger partial charge in [-0.3, -0.25) is 5.32 Å². The lowest BCUT2D eigenvalue weighted by Crippen LogP contribution is -2.47. The molecule has 3 rings (SSSR count). The highest BCUT2D eigenvalue weighted by molar-refractivity contribution is 6.05. The van der Waals surface area contributed by atoms with Crippen LogP contribution in [0, 0.1) is 5.92 Å². The highest BCUT2D eigenvalue weighted by Gasteiger charge is 2.23. The van der Waals surface area contributed by atoms with E-state index < -0.39 is 0 Å². The lowest BCUT2D eigenvalue weighted by Gasteiger charge is -2.29. The van der Waals surface area contributed by atoms with E-state index in [-0.39, 0.29) is 12.1 Å². The lowest BCUT2D eigenvalue weighted by molar-refractivity contribution is 0.226. The molecule has 1 aromatic heterocycles. The monoisotopic (exact) mass is 314 g/mol. The third kappa shape index (κ3) is 3.84. The number of aromatic amines is 1. The van der Waals surface area contributed by atoms with Crippen LogP contribution in [0.3, 0.4) is 0 Å². The van der Waals surface area contributed by atoms with Crippen LogP contribution in [0.25, 0.3) is 0 Å². The summed E-state index contributed by atoms with van der Waals surface area (Å²) in [6, 6.07) is 2.07. The second-order valence-electron chi connectivity index (χ2n) is 6.64. The van der Waals surface area contributed by atoms with Gasteiger partial charge in [-0.15, -0.1) is 0 Å². The Morgan fingerprint density at radius 3 is 3.00 bits per heavy atom. The summed E-state index contributed by atoms with van der Waals surface area (Å²) in [5.74, 6) is 1.17. The zero-order chi connectivity index (χ0) is 16.2. The molecule has 2 amide bonds. The number of rotatable bonds is 2. The van der Waals surface area contributed by atoms with Crippen molar-refractivity contribution < 1.29 is 4.79 Å². The van der Waals surface area contributed by atoms with Gasteiger partial charge in [0.15, 0.2) is 0 Å². The molecule has 0 aromatic carbocycles. The standard InChI is InChI=1S/C18H26N4O/c1-3-13-10-16-15(8-9-19-16)20-17(11-13)22-18(23)21-14-7-5-4-6-12(14)2/h8-9,11-12,14,19H,3-7,10H2,1-2H3,(H2,20,21,22,23).